The van der Waals surface area contributed by atoms with Crippen LogP contribution in [0.3, 0.4) is 0 Å². The number of carboxylic acid groups (broad SMARTS) is 1. The average Bonchev–Trinajstić information content (AvgIpc) is 2.81. The maximum absolute atomic E-state index is 13.6. The second-order valence-corrected chi connectivity index (χ2v) is 13.8. The molecule has 2 N–H and O–H groups in total. The predicted octanol–water partition coefficient (Wildman–Crippen LogP) is 2.82. The third-order valence-electron chi connectivity index (χ3n) is 9.06. The average molecular weight is 524 g/mol. The van der Waals surface area contributed by atoms with Crippen molar-refractivity contribution in [1.29, 1.82) is 0 Å². The van der Waals surface area contributed by atoms with E-state index in [2.05, 4.69) is 5.32 Å². The van der Waals surface area contributed by atoms with Gasteiger partial charge in [-0.3, -0.25) is 14.5 Å². The highest BCUT2D eigenvalue weighted by molar-refractivity contribution is 7.89. The summed E-state index contributed by atoms with van der Waals surface area (Å²) >= 11 is 5.90. The Kier molecular flexibility index (Phi) is 6.22. The topological polar surface area (TPSA) is 107 Å². The van der Waals surface area contributed by atoms with Gasteiger partial charge < -0.3 is 10.4 Å². The van der Waals surface area contributed by atoms with E-state index in [-0.39, 0.29) is 35.9 Å². The summed E-state index contributed by atoms with van der Waals surface area (Å²) in [5.41, 5.74) is -1.74. The van der Waals surface area contributed by atoms with Gasteiger partial charge in [-0.1, -0.05) is 11.6 Å². The van der Waals surface area contributed by atoms with Crippen LogP contribution in [0.15, 0.2) is 29.2 Å². The molecule has 3 atom stereocenters. The van der Waals surface area contributed by atoms with E-state index in [9.17, 15) is 23.1 Å². The van der Waals surface area contributed by atoms with Crippen LogP contribution in [0.5, 0.6) is 0 Å². The zero-order chi connectivity index (χ0) is 25.2. The number of carbonyl (C=O) groups is 2. The van der Waals surface area contributed by atoms with Crippen LogP contribution in [0, 0.1) is 23.2 Å². The molecule has 1 amide bonds. The molecule has 1 aromatic carbocycles. The minimum Gasteiger partial charge on any atom is -0.481 e. The minimum atomic E-state index is -3.64. The second-order valence-electron chi connectivity index (χ2n) is 11.4. The summed E-state index contributed by atoms with van der Waals surface area (Å²) in [5.74, 6) is 0.185. The molecular weight excluding hydrogens is 490 g/mol. The van der Waals surface area contributed by atoms with Gasteiger partial charge in [0.25, 0.3) is 0 Å². The number of piperazine rings is 1. The lowest BCUT2D eigenvalue weighted by atomic mass is 9.47. The molecule has 35 heavy (non-hydrogen) atoms. The highest BCUT2D eigenvalue weighted by Gasteiger charge is 2.61. The molecule has 1 aliphatic heterocycles. The molecule has 3 unspecified atom stereocenters. The molecule has 5 fully saturated rings. The number of hydrogen-bond donors (Lipinski definition) is 2. The van der Waals surface area contributed by atoms with E-state index in [4.69, 9.17) is 11.6 Å². The van der Waals surface area contributed by atoms with E-state index in [1.54, 1.807) is 12.1 Å². The lowest BCUT2D eigenvalue weighted by molar-refractivity contribution is -0.172. The summed E-state index contributed by atoms with van der Waals surface area (Å²) in [5, 5.41) is 13.9. The second kappa shape index (κ2) is 8.71. The van der Waals surface area contributed by atoms with Crippen LogP contribution < -0.4 is 5.32 Å². The molecule has 4 bridgehead atoms. The first-order valence-corrected chi connectivity index (χ1v) is 14.3. The quantitative estimate of drug-likeness (QED) is 0.593. The molecule has 8 nitrogen and oxygen atoms in total. The molecule has 6 rings (SSSR count). The Balaban J connectivity index is 1.26. The highest BCUT2D eigenvalue weighted by Crippen LogP contribution is 2.60. The fourth-order valence-electron chi connectivity index (χ4n) is 7.31. The lowest BCUT2D eigenvalue weighted by Crippen LogP contribution is -2.68. The van der Waals surface area contributed by atoms with Crippen molar-refractivity contribution in [1.82, 2.24) is 14.5 Å². The predicted molar refractivity (Wildman–Crippen MR) is 131 cm³/mol. The van der Waals surface area contributed by atoms with Crippen LogP contribution in [0.25, 0.3) is 0 Å². The number of hydrogen-bond acceptors (Lipinski definition) is 5. The van der Waals surface area contributed by atoms with Gasteiger partial charge >= 0.3 is 5.97 Å². The molecule has 0 radical (unpaired) electrons. The normalized spacial score (nSPS) is 33.6. The van der Waals surface area contributed by atoms with Crippen molar-refractivity contribution in [3.63, 3.8) is 0 Å². The first-order valence-electron chi connectivity index (χ1n) is 12.5. The molecule has 4 saturated carbocycles. The van der Waals surface area contributed by atoms with Crippen molar-refractivity contribution < 1.29 is 23.1 Å². The van der Waals surface area contributed by atoms with Gasteiger partial charge in [0.15, 0.2) is 0 Å². The zero-order valence-electron chi connectivity index (χ0n) is 20.2. The summed E-state index contributed by atoms with van der Waals surface area (Å²) in [6, 6.07) is 5.79. The van der Waals surface area contributed by atoms with Gasteiger partial charge in [0, 0.05) is 37.2 Å². The monoisotopic (exact) mass is 523 g/mol. The SMILES string of the molecule is CC(C)(C(=O)NC1C2CC3CC(C2)CC1(C(=O)O)C3)N1CCN(S(=O)(=O)c2ccc(Cl)cc2)CC1. The summed E-state index contributed by atoms with van der Waals surface area (Å²) in [4.78, 5) is 28.2. The van der Waals surface area contributed by atoms with Gasteiger partial charge in [-0.25, -0.2) is 8.42 Å². The third kappa shape index (κ3) is 4.18. The molecule has 1 saturated heterocycles. The molecule has 5 aliphatic rings. The van der Waals surface area contributed by atoms with E-state index in [1.165, 1.54) is 16.4 Å². The van der Waals surface area contributed by atoms with Gasteiger partial charge in [0.05, 0.1) is 15.8 Å². The third-order valence-corrected chi connectivity index (χ3v) is 11.2. The van der Waals surface area contributed by atoms with Crippen LogP contribution in [0.1, 0.15) is 46.0 Å². The van der Waals surface area contributed by atoms with Gasteiger partial charge in [0.1, 0.15) is 0 Å². The maximum atomic E-state index is 13.6. The number of carbonyl (C=O) groups excluding carboxylic acids is 1. The summed E-state index contributed by atoms with van der Waals surface area (Å²) < 4.78 is 27.5. The van der Waals surface area contributed by atoms with Crippen LogP contribution in [0.2, 0.25) is 5.02 Å². The molecular formula is C25H34ClN3O5S. The number of benzene rings is 1. The van der Waals surface area contributed by atoms with E-state index in [1.807, 2.05) is 18.7 Å². The van der Waals surface area contributed by atoms with Crippen molar-refractivity contribution in [2.24, 2.45) is 23.2 Å². The smallest absolute Gasteiger partial charge is 0.311 e. The van der Waals surface area contributed by atoms with Gasteiger partial charge in [-0.2, -0.15) is 4.31 Å². The largest absolute Gasteiger partial charge is 0.481 e. The number of nitrogens with one attached hydrogen (secondary N) is 1. The Morgan fingerprint density at radius 3 is 2.14 bits per heavy atom. The molecule has 1 heterocycles. The Morgan fingerprint density at radius 1 is 1.03 bits per heavy atom. The van der Waals surface area contributed by atoms with Crippen LogP contribution >= 0.6 is 11.6 Å². The minimum absolute atomic E-state index is 0.176. The number of amides is 1. The van der Waals surface area contributed by atoms with Crippen molar-refractivity contribution in [3.05, 3.63) is 29.3 Å². The van der Waals surface area contributed by atoms with Crippen molar-refractivity contribution in [2.75, 3.05) is 26.2 Å². The van der Waals surface area contributed by atoms with E-state index >= 15 is 0 Å². The van der Waals surface area contributed by atoms with Gasteiger partial charge in [-0.15, -0.1) is 0 Å². The maximum Gasteiger partial charge on any atom is 0.311 e. The number of halogens is 1. The summed E-state index contributed by atoms with van der Waals surface area (Å²) in [7, 11) is -3.64. The van der Waals surface area contributed by atoms with Crippen LogP contribution in [0.4, 0.5) is 0 Å². The van der Waals surface area contributed by atoms with Gasteiger partial charge in [-0.05, 0) is 88.0 Å². The summed E-state index contributed by atoms with van der Waals surface area (Å²) in [6.45, 7) is 5.06. The first-order chi connectivity index (χ1) is 16.4. The molecule has 4 aliphatic carbocycles. The number of nitrogens with zero attached hydrogens (tertiary/aromatic N) is 2. The van der Waals surface area contributed by atoms with Crippen molar-refractivity contribution >= 4 is 33.5 Å². The highest BCUT2D eigenvalue weighted by atomic mass is 35.5. The lowest BCUT2D eigenvalue weighted by Gasteiger charge is -2.59. The Morgan fingerprint density at radius 2 is 1.60 bits per heavy atom. The summed E-state index contributed by atoms with van der Waals surface area (Å²) in [6.07, 6.45) is 4.43. The molecule has 0 aromatic heterocycles. The Hall–Kier alpha value is -1.68. The Labute approximate surface area is 212 Å². The number of rotatable bonds is 6. The number of sulfonamides is 1. The molecule has 1 aromatic rings. The van der Waals surface area contributed by atoms with Crippen molar-refractivity contribution in [3.8, 4) is 0 Å². The standard InChI is InChI=1S/C25H34ClN3O5S/c1-24(2,28-7-9-29(10-8-28)35(33,34)20-5-3-19(26)4-6-20)22(30)27-21-18-12-16-11-17(13-18)15-25(21,14-16)23(31)32/h3-6,16-18,21H,7-15H2,1-2H3,(H,27,30)(H,31,32). The fraction of sp³-hybridized carbons (Fsp3) is 0.680. The van der Waals surface area contributed by atoms with Gasteiger partial charge in [0.2, 0.25) is 15.9 Å². The Bertz CT molecular complexity index is 1100. The molecule has 192 valence electrons. The number of carboxylic acids is 1. The molecule has 0 spiro atoms. The van der Waals surface area contributed by atoms with E-state index < -0.39 is 26.9 Å². The number of aliphatic carboxylic acids is 1. The van der Waals surface area contributed by atoms with Crippen LogP contribution in [-0.4, -0.2) is 72.4 Å². The van der Waals surface area contributed by atoms with Crippen LogP contribution in [-0.2, 0) is 19.6 Å². The fourth-order valence-corrected chi connectivity index (χ4v) is 8.86. The van der Waals surface area contributed by atoms with E-state index in [0.29, 0.717) is 42.8 Å². The molecule has 10 heteroatoms. The zero-order valence-corrected chi connectivity index (χ0v) is 21.8. The van der Waals surface area contributed by atoms with Crippen molar-refractivity contribution in [2.45, 2.75) is 62.4 Å². The van der Waals surface area contributed by atoms with E-state index in [0.717, 1.165) is 19.3 Å². The first kappa shape index (κ1) is 25.0.